The van der Waals surface area contributed by atoms with Crippen molar-refractivity contribution in [2.45, 2.75) is 35.5 Å². The molecule has 8 aromatic rings. The Balaban J connectivity index is 1.10. The lowest BCUT2D eigenvalue weighted by Crippen LogP contribution is -2.53. The molecule has 348 valence electrons. The number of carbonyl (C=O) groups is 6. The second-order valence-corrected chi connectivity index (χ2v) is 20.6. The van der Waals surface area contributed by atoms with Crippen molar-refractivity contribution in [3.8, 4) is 0 Å². The average molecular weight is 937 g/mol. The Morgan fingerprint density at radius 1 is 0.167 bits per heavy atom. The van der Waals surface area contributed by atoms with E-state index in [2.05, 4.69) is 0 Å². The summed E-state index contributed by atoms with van der Waals surface area (Å²) < 4.78 is 0. The Bertz CT molecular complexity index is 2850. The highest BCUT2D eigenvalue weighted by atomic mass is 16.2. The third-order valence-corrected chi connectivity index (χ3v) is 17.1. The molecule has 72 heavy (non-hydrogen) atoms. The molecule has 14 rings (SSSR count). The molecule has 6 nitrogen and oxygen atoms in total. The maximum absolute atomic E-state index is 16.0. The van der Waals surface area contributed by atoms with Gasteiger partial charge in [-0.1, -0.05) is 182 Å². The minimum atomic E-state index is -0.922. The van der Waals surface area contributed by atoms with Gasteiger partial charge in [-0.15, -0.1) is 0 Å². The first-order valence-electron chi connectivity index (χ1n) is 25.1. The number of hydrogen-bond acceptors (Lipinski definition) is 6. The van der Waals surface area contributed by atoms with Gasteiger partial charge in [0.25, 0.3) is 0 Å². The molecule has 6 aliphatic rings. The fourth-order valence-corrected chi connectivity index (χ4v) is 14.0. The number of benzene rings is 8. The first kappa shape index (κ1) is 43.8. The minimum absolute atomic E-state index is 0.152. The summed E-state index contributed by atoms with van der Waals surface area (Å²) in [5, 5.41) is 0. The minimum Gasteiger partial charge on any atom is -0.294 e. The third-order valence-electron chi connectivity index (χ3n) is 17.1. The summed E-state index contributed by atoms with van der Waals surface area (Å²) in [6, 6.07) is 68.1. The lowest BCUT2D eigenvalue weighted by atomic mass is 9.47. The maximum atomic E-state index is 16.0. The summed E-state index contributed by atoms with van der Waals surface area (Å²) in [5.41, 5.74) is 6.19. The van der Waals surface area contributed by atoms with Gasteiger partial charge >= 0.3 is 0 Å². The molecular formula is C66H48O6. The smallest absolute Gasteiger partial charge is 0.167 e. The molecule has 3 fully saturated rings. The maximum Gasteiger partial charge on any atom is 0.167 e. The van der Waals surface area contributed by atoms with Gasteiger partial charge in [0, 0.05) is 104 Å². The van der Waals surface area contributed by atoms with Crippen molar-refractivity contribution in [2.24, 2.45) is 35.5 Å². The first-order chi connectivity index (χ1) is 35.3. The van der Waals surface area contributed by atoms with E-state index in [1.165, 1.54) is 0 Å². The zero-order valence-electron chi connectivity index (χ0n) is 39.2. The Labute approximate surface area is 417 Å². The van der Waals surface area contributed by atoms with Gasteiger partial charge in [0.1, 0.15) is 0 Å². The number of ketones is 6. The zero-order valence-corrected chi connectivity index (χ0v) is 39.2. The van der Waals surface area contributed by atoms with E-state index in [1.54, 1.807) is 36.4 Å². The molecule has 8 aromatic carbocycles. The van der Waals surface area contributed by atoms with Crippen LogP contribution in [0.15, 0.2) is 218 Å². The molecule has 0 saturated heterocycles. The lowest BCUT2D eigenvalue weighted by Gasteiger charge is -2.53. The number of rotatable bonds is 6. The predicted octanol–water partition coefficient (Wildman–Crippen LogP) is 13.0. The van der Waals surface area contributed by atoms with Crippen LogP contribution >= 0.6 is 0 Å². The highest BCUT2D eigenvalue weighted by Crippen LogP contribution is 2.63. The molecule has 0 N–H and O–H groups in total. The molecule has 3 saturated carbocycles. The van der Waals surface area contributed by atoms with Crippen molar-refractivity contribution in [3.63, 3.8) is 0 Å². The molecule has 12 unspecified atom stereocenters. The van der Waals surface area contributed by atoms with Crippen molar-refractivity contribution in [1.29, 1.82) is 0 Å². The van der Waals surface area contributed by atoms with Crippen LogP contribution in [0, 0.1) is 35.5 Å². The van der Waals surface area contributed by atoms with Crippen LogP contribution in [0.5, 0.6) is 0 Å². The van der Waals surface area contributed by atoms with Gasteiger partial charge in [0.2, 0.25) is 0 Å². The number of Topliss-reactive ketones (excluding diaryl/α,β-unsaturated/α-hetero) is 6. The summed E-state index contributed by atoms with van der Waals surface area (Å²) in [4.78, 5) is 96.1. The van der Waals surface area contributed by atoms with Crippen LogP contribution in [0.2, 0.25) is 0 Å². The topological polar surface area (TPSA) is 102 Å². The number of hydrogen-bond donors (Lipinski definition) is 0. The van der Waals surface area contributed by atoms with E-state index in [4.69, 9.17) is 0 Å². The molecule has 12 atom stereocenters. The van der Waals surface area contributed by atoms with E-state index < -0.39 is 71.0 Å². The van der Waals surface area contributed by atoms with E-state index in [9.17, 15) is 0 Å². The molecule has 0 spiro atoms. The number of carbonyl (C=O) groups excluding carboxylic acids is 6. The average Bonchev–Trinajstić information content (AvgIpc) is 3.41. The van der Waals surface area contributed by atoms with E-state index in [0.29, 0.717) is 0 Å². The highest BCUT2D eigenvalue weighted by Gasteiger charge is 2.62. The zero-order chi connectivity index (χ0) is 48.8. The molecule has 0 amide bonds. The second-order valence-electron chi connectivity index (χ2n) is 20.6. The molecule has 6 bridgehead atoms. The van der Waals surface area contributed by atoms with Gasteiger partial charge in [0.05, 0.1) is 0 Å². The Hall–Kier alpha value is -8.22. The van der Waals surface area contributed by atoms with Crippen molar-refractivity contribution in [1.82, 2.24) is 0 Å². The molecule has 0 radical (unpaired) electrons. The van der Waals surface area contributed by atoms with Gasteiger partial charge in [0.15, 0.2) is 34.7 Å². The van der Waals surface area contributed by atoms with Crippen LogP contribution in [0.4, 0.5) is 0 Å². The third kappa shape index (κ3) is 6.76. The van der Waals surface area contributed by atoms with Gasteiger partial charge in [-0.2, -0.15) is 0 Å². The molecule has 0 aromatic heterocycles. The van der Waals surface area contributed by atoms with Crippen molar-refractivity contribution in [3.05, 3.63) is 285 Å². The quantitative estimate of drug-likeness (QED) is 0.165. The summed E-state index contributed by atoms with van der Waals surface area (Å²) in [5.74, 6) is -10.3. The Kier molecular flexibility index (Phi) is 10.5. The monoisotopic (exact) mass is 936 g/mol. The lowest BCUT2D eigenvalue weighted by molar-refractivity contribution is 0.0436. The normalized spacial score (nSPS) is 28.2. The van der Waals surface area contributed by atoms with Crippen LogP contribution in [0.25, 0.3) is 0 Å². The Morgan fingerprint density at radius 3 is 0.417 bits per heavy atom. The van der Waals surface area contributed by atoms with Crippen molar-refractivity contribution >= 4 is 34.7 Å². The summed E-state index contributed by atoms with van der Waals surface area (Å²) in [6.07, 6.45) is 0. The van der Waals surface area contributed by atoms with E-state index >= 15 is 28.8 Å². The van der Waals surface area contributed by atoms with Crippen LogP contribution in [-0.4, -0.2) is 34.7 Å². The van der Waals surface area contributed by atoms with Gasteiger partial charge in [-0.25, -0.2) is 0 Å². The fraction of sp³-hybridized carbons (Fsp3) is 0.182. The summed E-state index contributed by atoms with van der Waals surface area (Å²) >= 11 is 0. The van der Waals surface area contributed by atoms with Crippen molar-refractivity contribution in [2.75, 3.05) is 0 Å². The van der Waals surface area contributed by atoms with Gasteiger partial charge in [-0.3, -0.25) is 28.8 Å². The van der Waals surface area contributed by atoms with E-state index in [-0.39, 0.29) is 68.1 Å². The second kappa shape index (κ2) is 17.3. The van der Waals surface area contributed by atoms with E-state index in [0.717, 1.165) is 33.4 Å². The molecule has 0 aliphatic heterocycles. The summed E-state index contributed by atoms with van der Waals surface area (Å²) in [6.45, 7) is 0. The van der Waals surface area contributed by atoms with Crippen LogP contribution < -0.4 is 0 Å². The summed E-state index contributed by atoms with van der Waals surface area (Å²) in [7, 11) is 0. The van der Waals surface area contributed by atoms with Crippen molar-refractivity contribution < 1.29 is 28.8 Å². The van der Waals surface area contributed by atoms with Crippen LogP contribution in [-0.2, 0) is 0 Å². The first-order valence-corrected chi connectivity index (χ1v) is 25.1. The molecule has 0 heterocycles. The fourth-order valence-electron chi connectivity index (χ4n) is 14.0. The van der Waals surface area contributed by atoms with Crippen LogP contribution in [0.3, 0.4) is 0 Å². The molecule has 6 aliphatic carbocycles. The predicted molar refractivity (Wildman–Crippen MR) is 275 cm³/mol. The standard InChI is InChI=1S/C66H48O6/c67-61-43-31-45-35-46(32-43)64(70)58-52(40-25-13-4-14-26-40)54(42-29-17-6-18-30-42)60(58)66(72)48-34-44(62(68)56-50(38-21-9-2-10-22-38)49(55(56)61)37-19-7-1-8-20-37)33-47(36-48)65(71)59-53(41-27-15-5-16-28-41)51(57(59)63(45)69)39-23-11-3-12-24-39/h1-36,49-60H. The SMILES string of the molecule is O=C1c2cc3cc(c2)C(=O)C2C(C(=O)c4cc(cc(c4)C(=O)C4C(C3=O)C(c3ccccc3)C4c3ccccc3)C(=O)C3C1C(c1ccccc1)C3c1ccccc1)C(c1ccccc1)C2c1ccccc1. The largest absolute Gasteiger partial charge is 0.294 e. The van der Waals surface area contributed by atoms with Gasteiger partial charge in [-0.05, 0) is 69.8 Å². The molecule has 6 heteroatoms. The van der Waals surface area contributed by atoms with Gasteiger partial charge < -0.3 is 0 Å². The van der Waals surface area contributed by atoms with E-state index in [1.807, 2.05) is 182 Å². The highest BCUT2D eigenvalue weighted by molar-refractivity contribution is 6.17. The van der Waals surface area contributed by atoms with Crippen LogP contribution in [0.1, 0.15) is 131 Å². The molecular weight excluding hydrogens is 889 g/mol. The Morgan fingerprint density at radius 2 is 0.292 bits per heavy atom.